The molecule has 0 aliphatic carbocycles. The van der Waals surface area contributed by atoms with Crippen LogP contribution in [0.2, 0.25) is 0 Å². The van der Waals surface area contributed by atoms with E-state index in [1.165, 1.54) is 16.7 Å². The van der Waals surface area contributed by atoms with Crippen LogP contribution in [0.5, 0.6) is 0 Å². The van der Waals surface area contributed by atoms with Crippen molar-refractivity contribution in [1.29, 1.82) is 0 Å². The molecule has 1 heteroatoms. The lowest BCUT2D eigenvalue weighted by Crippen LogP contribution is -1.93. The van der Waals surface area contributed by atoms with Gasteiger partial charge < -0.3 is 0 Å². The summed E-state index contributed by atoms with van der Waals surface area (Å²) in [5.74, 6) is 0.574. The van der Waals surface area contributed by atoms with Crippen molar-refractivity contribution in [2.75, 3.05) is 7.05 Å². The van der Waals surface area contributed by atoms with E-state index in [4.69, 9.17) is 0 Å². The highest BCUT2D eigenvalue weighted by atomic mass is 14.7. The summed E-state index contributed by atoms with van der Waals surface area (Å²) in [6, 6.07) is 0. The number of nitrogens with zero attached hydrogens (tertiary/aromatic N) is 1. The molecular weight excluding hydrogens is 230 g/mol. The first-order valence-corrected chi connectivity index (χ1v) is 7.04. The van der Waals surface area contributed by atoms with Crippen molar-refractivity contribution in [2.45, 2.75) is 47.5 Å². The van der Waals surface area contributed by atoms with Crippen LogP contribution >= 0.6 is 0 Å². The summed E-state index contributed by atoms with van der Waals surface area (Å²) in [4.78, 5) is 4.18. The topological polar surface area (TPSA) is 12.4 Å². The Morgan fingerprint density at radius 1 is 1.26 bits per heavy atom. The molecule has 0 rings (SSSR count). The summed E-state index contributed by atoms with van der Waals surface area (Å²) in [5.41, 5.74) is 4.92. The van der Waals surface area contributed by atoms with Gasteiger partial charge in [-0.2, -0.15) is 0 Å². The predicted molar refractivity (Wildman–Crippen MR) is 88.9 cm³/mol. The van der Waals surface area contributed by atoms with E-state index in [2.05, 4.69) is 63.6 Å². The minimum Gasteiger partial charge on any atom is -0.293 e. The molecule has 1 nitrogen and oxygen atoms in total. The highest BCUT2D eigenvalue weighted by Crippen LogP contribution is 2.17. The Morgan fingerprint density at radius 2 is 1.89 bits per heavy atom. The maximum atomic E-state index is 4.18. The molecule has 19 heavy (non-hydrogen) atoms. The molecular formula is C18H29N. The van der Waals surface area contributed by atoms with Crippen LogP contribution < -0.4 is 0 Å². The number of hydrogen-bond donors (Lipinski definition) is 0. The maximum Gasteiger partial charge on any atom is 0.0316 e. The van der Waals surface area contributed by atoms with Crippen LogP contribution in [0.1, 0.15) is 47.5 Å². The first-order chi connectivity index (χ1) is 8.92. The Balaban J connectivity index is 4.83. The van der Waals surface area contributed by atoms with Gasteiger partial charge in [-0.1, -0.05) is 44.2 Å². The van der Waals surface area contributed by atoms with E-state index in [9.17, 15) is 0 Å². The summed E-state index contributed by atoms with van der Waals surface area (Å²) in [7, 11) is 1.82. The zero-order valence-electron chi connectivity index (χ0n) is 13.5. The van der Waals surface area contributed by atoms with E-state index in [-0.39, 0.29) is 0 Å². The monoisotopic (exact) mass is 259 g/mol. The number of hydrogen-bond acceptors (Lipinski definition) is 1. The van der Waals surface area contributed by atoms with Crippen molar-refractivity contribution in [3.63, 3.8) is 0 Å². The van der Waals surface area contributed by atoms with Crippen molar-refractivity contribution in [3.05, 3.63) is 47.6 Å². The van der Waals surface area contributed by atoms with Gasteiger partial charge in [-0.3, -0.25) is 4.99 Å². The smallest absolute Gasteiger partial charge is 0.0316 e. The van der Waals surface area contributed by atoms with Gasteiger partial charge in [-0.05, 0) is 56.8 Å². The van der Waals surface area contributed by atoms with Gasteiger partial charge in [0, 0.05) is 12.8 Å². The van der Waals surface area contributed by atoms with Crippen molar-refractivity contribution < 1.29 is 0 Å². The van der Waals surface area contributed by atoms with Crippen molar-refractivity contribution >= 4 is 5.71 Å². The third-order valence-electron chi connectivity index (χ3n) is 3.23. The van der Waals surface area contributed by atoms with Gasteiger partial charge >= 0.3 is 0 Å². The zero-order chi connectivity index (χ0) is 14.8. The Labute approximate surface area is 119 Å². The van der Waals surface area contributed by atoms with Gasteiger partial charge in [-0.15, -0.1) is 0 Å². The highest BCUT2D eigenvalue weighted by molar-refractivity contribution is 5.93. The Hall–Kier alpha value is -1.37. The van der Waals surface area contributed by atoms with E-state index in [1.807, 2.05) is 14.0 Å². The average molecular weight is 259 g/mol. The summed E-state index contributed by atoms with van der Waals surface area (Å²) in [6.07, 6.45) is 10.8. The van der Waals surface area contributed by atoms with Gasteiger partial charge in [0.1, 0.15) is 0 Å². The first-order valence-electron chi connectivity index (χ1n) is 7.04. The molecule has 0 radical (unpaired) electrons. The van der Waals surface area contributed by atoms with Crippen LogP contribution in [0, 0.1) is 5.92 Å². The van der Waals surface area contributed by atoms with Crippen molar-refractivity contribution in [1.82, 2.24) is 0 Å². The minimum atomic E-state index is 0.574. The van der Waals surface area contributed by atoms with Crippen molar-refractivity contribution in [3.8, 4) is 0 Å². The summed E-state index contributed by atoms with van der Waals surface area (Å²) in [6.45, 7) is 14.7. The minimum absolute atomic E-state index is 0.574. The second-order valence-electron chi connectivity index (χ2n) is 5.20. The normalized spacial score (nSPS) is 14.6. The molecule has 0 fully saturated rings. The van der Waals surface area contributed by atoms with E-state index in [0.29, 0.717) is 5.92 Å². The number of allylic oxidation sites excluding steroid dienone is 7. The molecule has 0 spiro atoms. The van der Waals surface area contributed by atoms with Gasteiger partial charge in [0.25, 0.3) is 0 Å². The molecule has 0 aromatic heterocycles. The number of rotatable bonds is 7. The predicted octanol–water partition coefficient (Wildman–Crippen LogP) is 5.52. The Morgan fingerprint density at radius 3 is 2.37 bits per heavy atom. The molecule has 0 N–H and O–H groups in total. The van der Waals surface area contributed by atoms with Crippen LogP contribution in [0.25, 0.3) is 0 Å². The first kappa shape index (κ1) is 17.6. The zero-order valence-corrected chi connectivity index (χ0v) is 13.5. The van der Waals surface area contributed by atoms with E-state index in [0.717, 1.165) is 18.6 Å². The third kappa shape index (κ3) is 7.61. The third-order valence-corrected chi connectivity index (χ3v) is 3.23. The fourth-order valence-corrected chi connectivity index (χ4v) is 1.70. The summed E-state index contributed by atoms with van der Waals surface area (Å²) in [5, 5.41) is 0. The standard InChI is InChI=1S/C18H29N/c1-8-10-18(16(5)13-17(6)19-7)12-9-11-15(4)14(2)3/h8,10,12-14H,4,9,11H2,1-3,5-7H3/b10-8-,16-13+,18-12+,19-17?. The highest BCUT2D eigenvalue weighted by Gasteiger charge is 2.00. The SMILES string of the molecule is C=C(CC/C=C(\C=C/C)C(/C)=C/C(C)=NC)C(C)C. The molecule has 0 bridgehead atoms. The maximum absolute atomic E-state index is 4.18. The molecule has 0 atom stereocenters. The van der Waals surface area contributed by atoms with Gasteiger partial charge in [-0.25, -0.2) is 0 Å². The molecule has 0 aromatic carbocycles. The second-order valence-corrected chi connectivity index (χ2v) is 5.20. The van der Waals surface area contributed by atoms with Gasteiger partial charge in [0.15, 0.2) is 0 Å². The lowest BCUT2D eigenvalue weighted by Gasteiger charge is -2.08. The van der Waals surface area contributed by atoms with Crippen molar-refractivity contribution in [2.24, 2.45) is 10.9 Å². The van der Waals surface area contributed by atoms with Crippen LogP contribution in [-0.4, -0.2) is 12.8 Å². The molecule has 0 aliphatic rings. The van der Waals surface area contributed by atoms with E-state index >= 15 is 0 Å². The fourth-order valence-electron chi connectivity index (χ4n) is 1.70. The fraction of sp³-hybridized carbons (Fsp3) is 0.500. The van der Waals surface area contributed by atoms with Crippen LogP contribution in [0.4, 0.5) is 0 Å². The molecule has 0 saturated carbocycles. The molecule has 0 saturated heterocycles. The molecule has 106 valence electrons. The molecule has 0 unspecified atom stereocenters. The van der Waals surface area contributed by atoms with Gasteiger partial charge in [0.2, 0.25) is 0 Å². The lowest BCUT2D eigenvalue weighted by molar-refractivity contribution is 0.718. The molecule has 0 aliphatic heterocycles. The molecule has 0 heterocycles. The largest absolute Gasteiger partial charge is 0.293 e. The lowest BCUT2D eigenvalue weighted by atomic mass is 9.98. The average Bonchev–Trinajstić information content (AvgIpc) is 2.36. The van der Waals surface area contributed by atoms with E-state index in [1.54, 1.807) is 0 Å². The number of aliphatic imine (C=N–C) groups is 1. The Kier molecular flexibility index (Phi) is 8.86. The molecule has 0 amide bonds. The van der Waals surface area contributed by atoms with Crippen LogP contribution in [0.15, 0.2) is 52.6 Å². The summed E-state index contributed by atoms with van der Waals surface area (Å²) >= 11 is 0. The van der Waals surface area contributed by atoms with Gasteiger partial charge in [0.05, 0.1) is 0 Å². The van der Waals surface area contributed by atoms with E-state index < -0.39 is 0 Å². The van der Waals surface area contributed by atoms with Crippen LogP contribution in [-0.2, 0) is 0 Å². The summed E-state index contributed by atoms with van der Waals surface area (Å²) < 4.78 is 0. The molecule has 0 aromatic rings. The second kappa shape index (κ2) is 9.55. The van der Waals surface area contributed by atoms with Crippen LogP contribution in [0.3, 0.4) is 0 Å². The Bertz CT molecular complexity index is 403. The quantitative estimate of drug-likeness (QED) is 0.324.